The predicted molar refractivity (Wildman–Crippen MR) is 88.9 cm³/mol. The minimum atomic E-state index is -0.328. The Kier molecular flexibility index (Phi) is 5.02. The van der Waals surface area contributed by atoms with E-state index in [0.29, 0.717) is 17.2 Å². The van der Waals surface area contributed by atoms with Crippen LogP contribution in [0.4, 0.5) is 5.69 Å². The summed E-state index contributed by atoms with van der Waals surface area (Å²) in [6.07, 6.45) is 1.81. The molecule has 0 fully saturated rings. The number of anilines is 1. The van der Waals surface area contributed by atoms with Crippen molar-refractivity contribution in [3.05, 3.63) is 40.3 Å². The number of ether oxygens (including phenoxy) is 1. The van der Waals surface area contributed by atoms with Gasteiger partial charge in [0.25, 0.3) is 0 Å². The van der Waals surface area contributed by atoms with Crippen LogP contribution in [0.3, 0.4) is 0 Å². The fraction of sp³-hybridized carbons (Fsp3) is 0.353. The largest absolute Gasteiger partial charge is 0.462 e. The SMILES string of the molecule is CCOC(=O)c1sc(-c2ccc(CC)cc2)c(CC)c1N. The van der Waals surface area contributed by atoms with Gasteiger partial charge in [0.15, 0.2) is 0 Å². The fourth-order valence-corrected chi connectivity index (χ4v) is 3.51. The molecule has 4 heteroatoms. The van der Waals surface area contributed by atoms with Crippen LogP contribution < -0.4 is 5.73 Å². The van der Waals surface area contributed by atoms with Gasteiger partial charge in [-0.1, -0.05) is 38.1 Å². The molecule has 0 amide bonds. The number of thiophene rings is 1. The molecule has 1 aromatic carbocycles. The number of hydrogen-bond acceptors (Lipinski definition) is 4. The fourth-order valence-electron chi connectivity index (χ4n) is 2.30. The van der Waals surface area contributed by atoms with E-state index in [1.807, 2.05) is 0 Å². The molecule has 0 saturated heterocycles. The van der Waals surface area contributed by atoms with Crippen LogP contribution in [-0.4, -0.2) is 12.6 Å². The van der Waals surface area contributed by atoms with Crippen molar-refractivity contribution in [1.29, 1.82) is 0 Å². The first-order valence-electron chi connectivity index (χ1n) is 7.29. The van der Waals surface area contributed by atoms with E-state index in [4.69, 9.17) is 10.5 Å². The van der Waals surface area contributed by atoms with Gasteiger partial charge in [0.05, 0.1) is 12.3 Å². The van der Waals surface area contributed by atoms with Crippen LogP contribution in [0.15, 0.2) is 24.3 Å². The lowest BCUT2D eigenvalue weighted by atomic mass is 10.0. The van der Waals surface area contributed by atoms with E-state index in [1.54, 1.807) is 6.92 Å². The average Bonchev–Trinajstić information content (AvgIpc) is 2.84. The van der Waals surface area contributed by atoms with Crippen molar-refractivity contribution in [2.75, 3.05) is 12.3 Å². The molecule has 0 aliphatic carbocycles. The normalized spacial score (nSPS) is 10.6. The van der Waals surface area contributed by atoms with E-state index in [1.165, 1.54) is 16.9 Å². The molecule has 2 N–H and O–H groups in total. The van der Waals surface area contributed by atoms with Crippen LogP contribution in [0.2, 0.25) is 0 Å². The zero-order valence-corrected chi connectivity index (χ0v) is 13.5. The molecule has 0 aliphatic heterocycles. The van der Waals surface area contributed by atoms with Gasteiger partial charge in [-0.2, -0.15) is 0 Å². The summed E-state index contributed by atoms with van der Waals surface area (Å²) in [4.78, 5) is 13.6. The van der Waals surface area contributed by atoms with Crippen molar-refractivity contribution >= 4 is 23.0 Å². The molecule has 2 aromatic rings. The Labute approximate surface area is 129 Å². The van der Waals surface area contributed by atoms with E-state index in [-0.39, 0.29) is 5.97 Å². The second kappa shape index (κ2) is 6.76. The summed E-state index contributed by atoms with van der Waals surface area (Å²) >= 11 is 1.43. The highest BCUT2D eigenvalue weighted by molar-refractivity contribution is 7.18. The van der Waals surface area contributed by atoms with Crippen LogP contribution in [0.25, 0.3) is 10.4 Å². The van der Waals surface area contributed by atoms with Crippen LogP contribution in [0.5, 0.6) is 0 Å². The van der Waals surface area contributed by atoms with Gasteiger partial charge in [-0.05, 0) is 36.5 Å². The zero-order chi connectivity index (χ0) is 15.4. The summed E-state index contributed by atoms with van der Waals surface area (Å²) in [5.41, 5.74) is 10.2. The van der Waals surface area contributed by atoms with Gasteiger partial charge in [0.2, 0.25) is 0 Å². The first-order chi connectivity index (χ1) is 10.1. The third-order valence-electron chi connectivity index (χ3n) is 3.49. The number of carbonyl (C=O) groups excluding carboxylic acids is 1. The van der Waals surface area contributed by atoms with Gasteiger partial charge < -0.3 is 10.5 Å². The van der Waals surface area contributed by atoms with Gasteiger partial charge in [-0.15, -0.1) is 11.3 Å². The lowest BCUT2D eigenvalue weighted by Crippen LogP contribution is -2.05. The Bertz CT molecular complexity index is 629. The maximum Gasteiger partial charge on any atom is 0.350 e. The molecule has 0 spiro atoms. The molecule has 0 aliphatic rings. The summed E-state index contributed by atoms with van der Waals surface area (Å²) < 4.78 is 5.09. The number of nitrogen functional groups attached to an aromatic ring is 1. The minimum absolute atomic E-state index is 0.328. The number of esters is 1. The lowest BCUT2D eigenvalue weighted by molar-refractivity contribution is 0.0533. The van der Waals surface area contributed by atoms with Crippen molar-refractivity contribution in [1.82, 2.24) is 0 Å². The maximum atomic E-state index is 12.0. The molecule has 1 heterocycles. The number of rotatable bonds is 5. The number of carbonyl (C=O) groups is 1. The maximum absolute atomic E-state index is 12.0. The third kappa shape index (κ3) is 3.10. The smallest absolute Gasteiger partial charge is 0.350 e. The van der Waals surface area contributed by atoms with Gasteiger partial charge >= 0.3 is 5.97 Å². The number of hydrogen-bond donors (Lipinski definition) is 1. The molecule has 3 nitrogen and oxygen atoms in total. The van der Waals surface area contributed by atoms with Crippen LogP contribution in [-0.2, 0) is 17.6 Å². The van der Waals surface area contributed by atoms with E-state index in [0.717, 1.165) is 28.8 Å². The second-order valence-corrected chi connectivity index (χ2v) is 5.80. The molecule has 0 bridgehead atoms. The van der Waals surface area contributed by atoms with Crippen molar-refractivity contribution in [3.8, 4) is 10.4 Å². The Balaban J connectivity index is 2.47. The van der Waals surface area contributed by atoms with Crippen molar-refractivity contribution in [3.63, 3.8) is 0 Å². The minimum Gasteiger partial charge on any atom is -0.462 e. The molecular weight excluding hydrogens is 282 g/mol. The molecule has 21 heavy (non-hydrogen) atoms. The number of nitrogens with two attached hydrogens (primary N) is 1. The zero-order valence-electron chi connectivity index (χ0n) is 12.7. The van der Waals surface area contributed by atoms with E-state index in [9.17, 15) is 4.79 Å². The summed E-state index contributed by atoms with van der Waals surface area (Å²) in [5.74, 6) is -0.328. The Morgan fingerprint density at radius 1 is 1.14 bits per heavy atom. The Morgan fingerprint density at radius 3 is 2.33 bits per heavy atom. The molecule has 2 rings (SSSR count). The average molecular weight is 303 g/mol. The second-order valence-electron chi connectivity index (χ2n) is 4.78. The predicted octanol–water partition coefficient (Wildman–Crippen LogP) is 4.30. The molecular formula is C17H21NO2S. The van der Waals surface area contributed by atoms with Gasteiger partial charge in [-0.25, -0.2) is 4.79 Å². The monoisotopic (exact) mass is 303 g/mol. The lowest BCUT2D eigenvalue weighted by Gasteiger charge is -2.04. The highest BCUT2D eigenvalue weighted by Gasteiger charge is 2.21. The number of benzene rings is 1. The molecule has 1 aromatic heterocycles. The molecule has 0 atom stereocenters. The molecule has 0 radical (unpaired) electrons. The van der Waals surface area contributed by atoms with Crippen LogP contribution >= 0.6 is 11.3 Å². The summed E-state index contributed by atoms with van der Waals surface area (Å²) in [5, 5.41) is 0. The van der Waals surface area contributed by atoms with E-state index < -0.39 is 0 Å². The highest BCUT2D eigenvalue weighted by atomic mass is 32.1. The topological polar surface area (TPSA) is 52.3 Å². The van der Waals surface area contributed by atoms with E-state index >= 15 is 0 Å². The molecule has 0 unspecified atom stereocenters. The number of aryl methyl sites for hydroxylation is 1. The van der Waals surface area contributed by atoms with Crippen molar-refractivity contribution in [2.24, 2.45) is 0 Å². The van der Waals surface area contributed by atoms with Gasteiger partial charge in [0.1, 0.15) is 4.88 Å². The summed E-state index contributed by atoms with van der Waals surface area (Å²) in [6, 6.07) is 8.43. The molecule has 0 saturated carbocycles. The van der Waals surface area contributed by atoms with Crippen molar-refractivity contribution in [2.45, 2.75) is 33.6 Å². The Morgan fingerprint density at radius 2 is 1.81 bits per heavy atom. The van der Waals surface area contributed by atoms with Gasteiger partial charge in [-0.3, -0.25) is 0 Å². The van der Waals surface area contributed by atoms with Crippen LogP contribution in [0.1, 0.15) is 41.6 Å². The standard InChI is InChI=1S/C17H21NO2S/c1-4-11-7-9-12(10-8-11)15-13(5-2)14(18)16(21-15)17(19)20-6-3/h7-10H,4-6,18H2,1-3H3. The first-order valence-corrected chi connectivity index (χ1v) is 8.11. The Hall–Kier alpha value is -1.81. The third-order valence-corrected chi connectivity index (χ3v) is 4.76. The quantitative estimate of drug-likeness (QED) is 0.838. The molecule has 112 valence electrons. The van der Waals surface area contributed by atoms with Crippen molar-refractivity contribution < 1.29 is 9.53 Å². The van der Waals surface area contributed by atoms with Crippen LogP contribution in [0, 0.1) is 0 Å². The summed E-state index contributed by atoms with van der Waals surface area (Å²) in [7, 11) is 0. The highest BCUT2D eigenvalue weighted by Crippen LogP contribution is 2.39. The van der Waals surface area contributed by atoms with Gasteiger partial charge in [0, 0.05) is 4.88 Å². The summed E-state index contributed by atoms with van der Waals surface area (Å²) in [6.45, 7) is 6.34. The van der Waals surface area contributed by atoms with E-state index in [2.05, 4.69) is 38.1 Å². The first kappa shape index (κ1) is 15.6.